The van der Waals surface area contributed by atoms with Gasteiger partial charge in [0.15, 0.2) is 0 Å². The normalized spacial score (nSPS) is 14.7. The first kappa shape index (κ1) is 23.6. The average molecular weight is 496 g/mol. The standard InChI is InChI=1S/C29H25N3O3S/c1-2-20-12-14-23(15-13-20)30-27(33)19-32-28(34)26(36-29(32)35)16-22-18-31(17-21-8-4-3-5-9-21)25-11-7-6-10-24(22)25/h3-16,18H,2,17,19H2,1H3,(H,30,33)/b26-16-. The molecule has 7 heteroatoms. The van der Waals surface area contributed by atoms with E-state index in [-0.39, 0.29) is 6.54 Å². The summed E-state index contributed by atoms with van der Waals surface area (Å²) in [4.78, 5) is 39.5. The van der Waals surface area contributed by atoms with Gasteiger partial charge in [-0.25, -0.2) is 0 Å². The summed E-state index contributed by atoms with van der Waals surface area (Å²) in [6, 6.07) is 25.6. The number of nitrogens with zero attached hydrogens (tertiary/aromatic N) is 2. The number of aryl methyl sites for hydroxylation is 1. The number of fused-ring (bicyclic) bond motifs is 1. The molecule has 0 saturated carbocycles. The van der Waals surface area contributed by atoms with Crippen LogP contribution in [0, 0.1) is 0 Å². The van der Waals surface area contributed by atoms with E-state index in [1.165, 1.54) is 5.56 Å². The number of imide groups is 1. The SMILES string of the molecule is CCc1ccc(NC(=O)CN2C(=O)S/C(=C\c3cn(Cc4ccccc4)c4ccccc34)C2=O)cc1. The summed E-state index contributed by atoms with van der Waals surface area (Å²) in [6.07, 6.45) is 4.65. The van der Waals surface area contributed by atoms with Crippen LogP contribution in [0.2, 0.25) is 0 Å². The quantitative estimate of drug-likeness (QED) is 0.323. The van der Waals surface area contributed by atoms with Gasteiger partial charge in [-0.3, -0.25) is 19.3 Å². The smallest absolute Gasteiger partial charge is 0.294 e. The minimum Gasteiger partial charge on any atom is -0.342 e. The lowest BCUT2D eigenvalue weighted by atomic mass is 10.1. The number of carbonyl (C=O) groups is 3. The molecule has 3 aromatic carbocycles. The molecule has 0 radical (unpaired) electrons. The predicted molar refractivity (Wildman–Crippen MR) is 145 cm³/mol. The summed E-state index contributed by atoms with van der Waals surface area (Å²) in [6.45, 7) is 2.42. The van der Waals surface area contributed by atoms with E-state index in [1.54, 1.807) is 6.08 Å². The Morgan fingerprint density at radius 1 is 0.917 bits per heavy atom. The Balaban J connectivity index is 1.34. The molecule has 4 aromatic rings. The fourth-order valence-electron chi connectivity index (χ4n) is 4.25. The van der Waals surface area contributed by atoms with Crippen molar-refractivity contribution in [2.45, 2.75) is 19.9 Å². The van der Waals surface area contributed by atoms with E-state index in [0.717, 1.165) is 45.1 Å². The van der Waals surface area contributed by atoms with Gasteiger partial charge in [0, 0.05) is 34.9 Å². The Labute approximate surface area is 213 Å². The number of nitrogens with one attached hydrogen (secondary N) is 1. The zero-order chi connectivity index (χ0) is 25.1. The Bertz CT molecular complexity index is 1470. The molecule has 1 saturated heterocycles. The van der Waals surface area contributed by atoms with E-state index in [0.29, 0.717) is 17.1 Å². The molecule has 0 atom stereocenters. The van der Waals surface area contributed by atoms with Gasteiger partial charge in [0.25, 0.3) is 11.1 Å². The van der Waals surface area contributed by atoms with Crippen molar-refractivity contribution in [3.8, 4) is 0 Å². The van der Waals surface area contributed by atoms with Crippen LogP contribution in [0.15, 0.2) is 90.0 Å². The second kappa shape index (κ2) is 10.3. The fourth-order valence-corrected chi connectivity index (χ4v) is 5.08. The van der Waals surface area contributed by atoms with Crippen molar-refractivity contribution in [3.63, 3.8) is 0 Å². The Kier molecular flexibility index (Phi) is 6.73. The molecule has 1 aliphatic rings. The Hall–Kier alpha value is -4.10. The highest BCUT2D eigenvalue weighted by Crippen LogP contribution is 2.34. The van der Waals surface area contributed by atoms with Crippen molar-refractivity contribution in [1.82, 2.24) is 9.47 Å². The lowest BCUT2D eigenvalue weighted by Crippen LogP contribution is -2.36. The van der Waals surface area contributed by atoms with Crippen LogP contribution in [-0.2, 0) is 22.6 Å². The highest BCUT2D eigenvalue weighted by molar-refractivity contribution is 8.18. The third-order valence-electron chi connectivity index (χ3n) is 6.12. The second-order valence-electron chi connectivity index (χ2n) is 8.58. The highest BCUT2D eigenvalue weighted by atomic mass is 32.2. The molecule has 1 aliphatic heterocycles. The number of aromatic nitrogens is 1. The van der Waals surface area contributed by atoms with E-state index in [1.807, 2.05) is 72.9 Å². The van der Waals surface area contributed by atoms with Gasteiger partial charge in [0.2, 0.25) is 5.91 Å². The van der Waals surface area contributed by atoms with E-state index in [2.05, 4.69) is 28.9 Å². The number of carbonyl (C=O) groups excluding carboxylic acids is 3. The predicted octanol–water partition coefficient (Wildman–Crippen LogP) is 5.93. The monoisotopic (exact) mass is 495 g/mol. The maximum atomic E-state index is 13.1. The zero-order valence-corrected chi connectivity index (χ0v) is 20.6. The first-order chi connectivity index (χ1) is 17.5. The summed E-state index contributed by atoms with van der Waals surface area (Å²) in [5.74, 6) is -0.872. The van der Waals surface area contributed by atoms with Crippen molar-refractivity contribution >= 4 is 51.5 Å². The van der Waals surface area contributed by atoms with Crippen molar-refractivity contribution in [3.05, 3.63) is 107 Å². The lowest BCUT2D eigenvalue weighted by molar-refractivity contribution is -0.127. The molecule has 0 aliphatic carbocycles. The van der Waals surface area contributed by atoms with Crippen LogP contribution in [0.3, 0.4) is 0 Å². The molecule has 0 unspecified atom stereocenters. The van der Waals surface area contributed by atoms with E-state index >= 15 is 0 Å². The number of amides is 3. The largest absolute Gasteiger partial charge is 0.342 e. The van der Waals surface area contributed by atoms with Gasteiger partial charge in [0.05, 0.1) is 4.91 Å². The van der Waals surface area contributed by atoms with Crippen LogP contribution in [0.4, 0.5) is 10.5 Å². The molecular weight excluding hydrogens is 470 g/mol. The van der Waals surface area contributed by atoms with Crippen LogP contribution >= 0.6 is 11.8 Å². The summed E-state index contributed by atoms with van der Waals surface area (Å²) in [7, 11) is 0. The van der Waals surface area contributed by atoms with Gasteiger partial charge in [-0.15, -0.1) is 0 Å². The molecule has 2 heterocycles. The first-order valence-corrected chi connectivity index (χ1v) is 12.6. The van der Waals surface area contributed by atoms with E-state index in [9.17, 15) is 14.4 Å². The molecule has 1 fully saturated rings. The third-order valence-corrected chi connectivity index (χ3v) is 7.03. The van der Waals surface area contributed by atoms with Crippen LogP contribution in [0.1, 0.15) is 23.6 Å². The first-order valence-electron chi connectivity index (χ1n) is 11.8. The third kappa shape index (κ3) is 4.97. The highest BCUT2D eigenvalue weighted by Gasteiger charge is 2.36. The van der Waals surface area contributed by atoms with Crippen LogP contribution in [0.5, 0.6) is 0 Å². The number of hydrogen-bond donors (Lipinski definition) is 1. The van der Waals surface area contributed by atoms with Crippen molar-refractivity contribution < 1.29 is 14.4 Å². The van der Waals surface area contributed by atoms with Gasteiger partial charge < -0.3 is 9.88 Å². The number of benzene rings is 3. The van der Waals surface area contributed by atoms with Crippen molar-refractivity contribution in [2.24, 2.45) is 0 Å². The molecule has 1 aromatic heterocycles. The maximum absolute atomic E-state index is 13.1. The molecule has 180 valence electrons. The van der Waals surface area contributed by atoms with Gasteiger partial charge in [-0.2, -0.15) is 0 Å². The number of para-hydroxylation sites is 1. The zero-order valence-electron chi connectivity index (χ0n) is 19.8. The minimum atomic E-state index is -0.457. The summed E-state index contributed by atoms with van der Waals surface area (Å²) < 4.78 is 2.14. The van der Waals surface area contributed by atoms with Crippen molar-refractivity contribution in [1.29, 1.82) is 0 Å². The maximum Gasteiger partial charge on any atom is 0.294 e. The number of thioether (sulfide) groups is 1. The van der Waals surface area contributed by atoms with E-state index < -0.39 is 17.1 Å². The number of rotatable bonds is 7. The molecule has 1 N–H and O–H groups in total. The molecule has 6 nitrogen and oxygen atoms in total. The molecule has 0 spiro atoms. The molecule has 5 rings (SSSR count). The fraction of sp³-hybridized carbons (Fsp3) is 0.138. The van der Waals surface area contributed by atoms with Crippen LogP contribution in [0.25, 0.3) is 17.0 Å². The molecule has 36 heavy (non-hydrogen) atoms. The number of hydrogen-bond acceptors (Lipinski definition) is 4. The minimum absolute atomic E-state index is 0.308. The van der Waals surface area contributed by atoms with Gasteiger partial charge in [-0.05, 0) is 53.6 Å². The lowest BCUT2D eigenvalue weighted by Gasteiger charge is -2.12. The summed E-state index contributed by atoms with van der Waals surface area (Å²) in [5, 5.41) is 3.30. The topological polar surface area (TPSA) is 71.4 Å². The summed E-state index contributed by atoms with van der Waals surface area (Å²) >= 11 is 0.861. The summed E-state index contributed by atoms with van der Waals surface area (Å²) in [5.41, 5.74) is 4.86. The average Bonchev–Trinajstić information content (AvgIpc) is 3.37. The molecular formula is C29H25N3O3S. The Morgan fingerprint density at radius 3 is 2.39 bits per heavy atom. The van der Waals surface area contributed by atoms with E-state index in [4.69, 9.17) is 0 Å². The number of anilines is 1. The van der Waals surface area contributed by atoms with Gasteiger partial charge in [0.1, 0.15) is 6.54 Å². The molecule has 3 amide bonds. The van der Waals surface area contributed by atoms with Gasteiger partial charge in [-0.1, -0.05) is 67.6 Å². The van der Waals surface area contributed by atoms with Gasteiger partial charge >= 0.3 is 0 Å². The van der Waals surface area contributed by atoms with Crippen LogP contribution in [-0.4, -0.2) is 33.1 Å². The molecule has 0 bridgehead atoms. The van der Waals surface area contributed by atoms with Crippen LogP contribution < -0.4 is 5.32 Å². The Morgan fingerprint density at radius 2 is 1.64 bits per heavy atom. The van der Waals surface area contributed by atoms with Crippen molar-refractivity contribution in [2.75, 3.05) is 11.9 Å². The second-order valence-corrected chi connectivity index (χ2v) is 9.57.